The SMILES string of the molecule is C[C@@H]1CN(c2nc(C3CCCCO3)ccc2C(=O)NS(=O)(=O)C2=CC=CCC2=O)C(C)(C)C1. The summed E-state index contributed by atoms with van der Waals surface area (Å²) in [5.74, 6) is -0.497. The summed E-state index contributed by atoms with van der Waals surface area (Å²) in [7, 11) is -4.30. The van der Waals surface area contributed by atoms with Gasteiger partial charge in [-0.15, -0.1) is 0 Å². The van der Waals surface area contributed by atoms with Crippen LogP contribution in [0.2, 0.25) is 0 Å². The third-order valence-electron chi connectivity index (χ3n) is 6.46. The topological polar surface area (TPSA) is 106 Å². The number of rotatable bonds is 5. The van der Waals surface area contributed by atoms with Gasteiger partial charge in [-0.05, 0) is 63.7 Å². The Morgan fingerprint density at radius 3 is 2.70 bits per heavy atom. The van der Waals surface area contributed by atoms with Crippen molar-refractivity contribution < 1.29 is 22.7 Å². The monoisotopic (exact) mass is 473 g/mol. The summed E-state index contributed by atoms with van der Waals surface area (Å²) >= 11 is 0. The third kappa shape index (κ3) is 4.89. The minimum Gasteiger partial charge on any atom is -0.372 e. The summed E-state index contributed by atoms with van der Waals surface area (Å²) in [5, 5.41) is 0. The van der Waals surface area contributed by atoms with Crippen LogP contribution >= 0.6 is 0 Å². The van der Waals surface area contributed by atoms with Gasteiger partial charge in [-0.1, -0.05) is 19.1 Å². The number of Topliss-reactive ketones (excluding diaryl/α,β-unsaturated/α-hetero) is 1. The first-order valence-electron chi connectivity index (χ1n) is 11.5. The standard InChI is InChI=1S/C24H31N3O5S/c1-16-14-24(2,3)27(15-16)22-17(11-12-18(25-22)20-9-6-7-13-32-20)23(29)26-33(30,31)21-10-5-4-8-19(21)28/h4-5,10-12,16,20H,6-9,13-15H2,1-3H3,(H,26,29)/t16-,20?/m0/s1. The summed E-state index contributed by atoms with van der Waals surface area (Å²) in [6.07, 6.45) is 7.99. The molecular weight excluding hydrogens is 442 g/mol. The van der Waals surface area contributed by atoms with Gasteiger partial charge in [0.1, 0.15) is 10.7 Å². The molecule has 33 heavy (non-hydrogen) atoms. The zero-order chi connectivity index (χ0) is 23.8. The first kappa shape index (κ1) is 23.6. The Hall–Kier alpha value is -2.52. The predicted molar refractivity (Wildman–Crippen MR) is 125 cm³/mol. The van der Waals surface area contributed by atoms with Crippen LogP contribution in [0.15, 0.2) is 35.3 Å². The molecule has 178 valence electrons. The van der Waals surface area contributed by atoms with Gasteiger partial charge in [0.15, 0.2) is 5.78 Å². The largest absolute Gasteiger partial charge is 0.372 e. The number of carbonyl (C=O) groups is 2. The van der Waals surface area contributed by atoms with Crippen LogP contribution < -0.4 is 9.62 Å². The van der Waals surface area contributed by atoms with Crippen molar-refractivity contribution in [2.45, 2.75) is 64.5 Å². The maximum atomic E-state index is 13.2. The number of amides is 1. The maximum Gasteiger partial charge on any atom is 0.268 e. The molecule has 1 aromatic heterocycles. The van der Waals surface area contributed by atoms with E-state index in [-0.39, 0.29) is 23.6 Å². The van der Waals surface area contributed by atoms with Crippen LogP contribution in [0.25, 0.3) is 0 Å². The molecule has 9 heteroatoms. The number of nitrogens with one attached hydrogen (secondary N) is 1. The molecule has 2 fully saturated rings. The highest BCUT2D eigenvalue weighted by atomic mass is 32.2. The van der Waals surface area contributed by atoms with Gasteiger partial charge in [-0.2, -0.15) is 0 Å². The van der Waals surface area contributed by atoms with Crippen molar-refractivity contribution in [3.05, 3.63) is 46.5 Å². The molecule has 0 aromatic carbocycles. The zero-order valence-corrected chi connectivity index (χ0v) is 20.2. The second-order valence-electron chi connectivity index (χ2n) is 9.72. The van der Waals surface area contributed by atoms with Gasteiger partial charge in [0.25, 0.3) is 15.9 Å². The number of ketones is 1. The van der Waals surface area contributed by atoms with E-state index in [0.29, 0.717) is 24.9 Å². The summed E-state index contributed by atoms with van der Waals surface area (Å²) in [4.78, 5) is 31.8. The Balaban J connectivity index is 1.70. The number of hydrogen-bond acceptors (Lipinski definition) is 7. The molecule has 1 aliphatic carbocycles. The second kappa shape index (κ2) is 9.02. The molecule has 2 atom stereocenters. The van der Waals surface area contributed by atoms with Gasteiger partial charge in [-0.25, -0.2) is 18.1 Å². The molecule has 8 nitrogen and oxygen atoms in total. The van der Waals surface area contributed by atoms with Gasteiger partial charge >= 0.3 is 0 Å². The molecule has 1 unspecified atom stereocenters. The van der Waals surface area contributed by atoms with Crippen LogP contribution in [-0.4, -0.2) is 43.8 Å². The highest BCUT2D eigenvalue weighted by Crippen LogP contribution is 2.38. The normalized spacial score (nSPS) is 25.1. The number of allylic oxidation sites excluding steroid dienone is 4. The van der Waals surface area contributed by atoms with Crippen molar-refractivity contribution in [1.29, 1.82) is 0 Å². The van der Waals surface area contributed by atoms with Crippen LogP contribution in [0.3, 0.4) is 0 Å². The van der Waals surface area contributed by atoms with Crippen LogP contribution in [0.4, 0.5) is 5.82 Å². The molecule has 1 aromatic rings. The Morgan fingerprint density at radius 2 is 2.06 bits per heavy atom. The number of pyridine rings is 1. The number of sulfonamides is 1. The number of hydrogen-bond donors (Lipinski definition) is 1. The number of anilines is 1. The van der Waals surface area contributed by atoms with E-state index in [2.05, 4.69) is 30.4 Å². The van der Waals surface area contributed by atoms with Crippen molar-refractivity contribution in [2.24, 2.45) is 5.92 Å². The smallest absolute Gasteiger partial charge is 0.268 e. The van der Waals surface area contributed by atoms with E-state index >= 15 is 0 Å². The molecular formula is C24H31N3O5S. The number of ether oxygens (including phenoxy) is 1. The first-order chi connectivity index (χ1) is 15.6. The molecule has 3 aliphatic rings. The molecule has 2 aliphatic heterocycles. The van der Waals surface area contributed by atoms with Gasteiger partial charge in [0.05, 0.1) is 17.4 Å². The lowest BCUT2D eigenvalue weighted by molar-refractivity contribution is -0.114. The maximum absolute atomic E-state index is 13.2. The highest BCUT2D eigenvalue weighted by Gasteiger charge is 2.40. The van der Waals surface area contributed by atoms with E-state index in [0.717, 1.165) is 31.4 Å². The summed E-state index contributed by atoms with van der Waals surface area (Å²) < 4.78 is 33.6. The zero-order valence-electron chi connectivity index (χ0n) is 19.3. The minimum absolute atomic E-state index is 0.0102. The van der Waals surface area contributed by atoms with Crippen molar-refractivity contribution in [3.8, 4) is 0 Å². The molecule has 1 amide bonds. The first-order valence-corrected chi connectivity index (χ1v) is 12.9. The van der Waals surface area contributed by atoms with Crippen molar-refractivity contribution >= 4 is 27.5 Å². The van der Waals surface area contributed by atoms with Crippen molar-refractivity contribution in [3.63, 3.8) is 0 Å². The van der Waals surface area contributed by atoms with Crippen LogP contribution in [0, 0.1) is 5.92 Å². The van der Waals surface area contributed by atoms with E-state index in [1.165, 1.54) is 12.2 Å². The average molecular weight is 474 g/mol. The summed E-state index contributed by atoms with van der Waals surface area (Å²) in [6, 6.07) is 3.36. The summed E-state index contributed by atoms with van der Waals surface area (Å²) in [5.41, 5.74) is 0.661. The molecule has 0 bridgehead atoms. The Morgan fingerprint density at radius 1 is 1.27 bits per heavy atom. The lowest BCUT2D eigenvalue weighted by Crippen LogP contribution is -2.41. The molecule has 3 heterocycles. The Labute approximate surface area is 195 Å². The highest BCUT2D eigenvalue weighted by molar-refractivity contribution is 7.95. The van der Waals surface area contributed by atoms with Gasteiger partial charge < -0.3 is 9.64 Å². The van der Waals surface area contributed by atoms with Gasteiger partial charge in [0, 0.05) is 25.1 Å². The van der Waals surface area contributed by atoms with E-state index in [4.69, 9.17) is 9.72 Å². The van der Waals surface area contributed by atoms with E-state index in [1.807, 2.05) is 0 Å². The van der Waals surface area contributed by atoms with E-state index in [9.17, 15) is 18.0 Å². The predicted octanol–water partition coefficient (Wildman–Crippen LogP) is 3.42. The molecule has 0 spiro atoms. The second-order valence-corrected chi connectivity index (χ2v) is 11.4. The Kier molecular flexibility index (Phi) is 6.46. The fraction of sp³-hybridized carbons (Fsp3) is 0.542. The molecule has 0 saturated carbocycles. The quantitative estimate of drug-likeness (QED) is 0.698. The summed E-state index contributed by atoms with van der Waals surface area (Å²) in [6.45, 7) is 7.72. The molecule has 4 rings (SSSR count). The number of carbonyl (C=O) groups excluding carboxylic acids is 2. The fourth-order valence-electron chi connectivity index (χ4n) is 4.95. The van der Waals surface area contributed by atoms with Gasteiger partial charge in [0.2, 0.25) is 0 Å². The fourth-order valence-corrected chi connectivity index (χ4v) is 6.06. The third-order valence-corrected chi connectivity index (χ3v) is 7.85. The average Bonchev–Trinajstić information content (AvgIpc) is 3.05. The number of nitrogens with zero attached hydrogens (tertiary/aromatic N) is 2. The minimum atomic E-state index is -4.30. The van der Waals surface area contributed by atoms with Crippen molar-refractivity contribution in [2.75, 3.05) is 18.1 Å². The molecule has 0 radical (unpaired) electrons. The van der Waals surface area contributed by atoms with E-state index < -0.39 is 26.6 Å². The van der Waals surface area contributed by atoms with Gasteiger partial charge in [-0.3, -0.25) is 9.59 Å². The van der Waals surface area contributed by atoms with Crippen LogP contribution in [-0.2, 0) is 19.6 Å². The van der Waals surface area contributed by atoms with Crippen molar-refractivity contribution in [1.82, 2.24) is 9.71 Å². The Bertz CT molecular complexity index is 1120. The van der Waals surface area contributed by atoms with Crippen LogP contribution in [0.5, 0.6) is 0 Å². The molecule has 1 N–H and O–H groups in total. The molecule has 2 saturated heterocycles. The van der Waals surface area contributed by atoms with E-state index in [1.54, 1.807) is 18.2 Å². The van der Waals surface area contributed by atoms with Crippen LogP contribution in [0.1, 0.15) is 75.0 Å². The number of aromatic nitrogens is 1. The lowest BCUT2D eigenvalue weighted by atomic mass is 9.97. The lowest BCUT2D eigenvalue weighted by Gasteiger charge is -2.34.